The van der Waals surface area contributed by atoms with E-state index in [9.17, 15) is 19.2 Å². The summed E-state index contributed by atoms with van der Waals surface area (Å²) in [4.78, 5) is 52.2. The molecule has 0 radical (unpaired) electrons. The van der Waals surface area contributed by atoms with Crippen molar-refractivity contribution < 1.29 is 28.7 Å². The third-order valence-corrected chi connectivity index (χ3v) is 6.14. The molecule has 0 saturated heterocycles. The highest BCUT2D eigenvalue weighted by Gasteiger charge is 2.30. The molecule has 0 unspecified atom stereocenters. The first-order valence-corrected chi connectivity index (χ1v) is 13.9. The zero-order chi connectivity index (χ0) is 30.5. The number of esters is 1. The SMILES string of the molecule is C[C@H](NC(=O)[C@H](Cc1ccccc1)NC(=O)[C@@H](Cc1ccccc1)NC(=O)OCc1ccccc1)C(=O)OC(C)(C)C. The summed E-state index contributed by atoms with van der Waals surface area (Å²) >= 11 is 0. The summed E-state index contributed by atoms with van der Waals surface area (Å²) in [6.07, 6.45) is -0.436. The monoisotopic (exact) mass is 573 g/mol. The summed E-state index contributed by atoms with van der Waals surface area (Å²) in [5.74, 6) is -1.72. The summed E-state index contributed by atoms with van der Waals surface area (Å²) in [6.45, 7) is 6.78. The molecule has 222 valence electrons. The van der Waals surface area contributed by atoms with Gasteiger partial charge in [-0.2, -0.15) is 0 Å². The van der Waals surface area contributed by atoms with Crippen molar-refractivity contribution in [1.82, 2.24) is 16.0 Å². The first-order chi connectivity index (χ1) is 20.0. The van der Waals surface area contributed by atoms with E-state index in [1.807, 2.05) is 91.0 Å². The van der Waals surface area contributed by atoms with E-state index < -0.39 is 47.6 Å². The van der Waals surface area contributed by atoms with E-state index in [1.54, 1.807) is 20.8 Å². The van der Waals surface area contributed by atoms with Gasteiger partial charge in [-0.15, -0.1) is 0 Å². The quantitative estimate of drug-likeness (QED) is 0.281. The van der Waals surface area contributed by atoms with E-state index in [2.05, 4.69) is 16.0 Å². The van der Waals surface area contributed by atoms with Gasteiger partial charge in [0.05, 0.1) is 0 Å². The topological polar surface area (TPSA) is 123 Å². The molecule has 0 aliphatic heterocycles. The Balaban J connectivity index is 1.76. The van der Waals surface area contributed by atoms with Gasteiger partial charge in [-0.3, -0.25) is 9.59 Å². The molecule has 0 heterocycles. The van der Waals surface area contributed by atoms with Crippen LogP contribution in [0.4, 0.5) is 4.79 Å². The minimum absolute atomic E-state index is 0.0357. The van der Waals surface area contributed by atoms with E-state index in [0.717, 1.165) is 16.7 Å². The van der Waals surface area contributed by atoms with Gasteiger partial charge >= 0.3 is 12.1 Å². The second kappa shape index (κ2) is 15.4. The predicted octanol–water partition coefficient (Wildman–Crippen LogP) is 4.10. The molecule has 3 amide bonds. The molecule has 0 aliphatic rings. The lowest BCUT2D eigenvalue weighted by Crippen LogP contribution is -2.56. The number of hydrogen-bond acceptors (Lipinski definition) is 6. The lowest BCUT2D eigenvalue weighted by Gasteiger charge is -2.26. The fourth-order valence-corrected chi connectivity index (χ4v) is 4.06. The Morgan fingerprint density at radius 2 is 1.07 bits per heavy atom. The molecule has 0 spiro atoms. The zero-order valence-electron chi connectivity index (χ0n) is 24.5. The lowest BCUT2D eigenvalue weighted by atomic mass is 10.0. The first kappa shape index (κ1) is 31.9. The maximum absolute atomic E-state index is 13.6. The molecule has 3 aromatic carbocycles. The van der Waals surface area contributed by atoms with E-state index in [4.69, 9.17) is 9.47 Å². The molecule has 0 bridgehead atoms. The van der Waals surface area contributed by atoms with E-state index >= 15 is 0 Å². The van der Waals surface area contributed by atoms with Crippen LogP contribution in [-0.4, -0.2) is 47.6 Å². The number of carbonyl (C=O) groups is 4. The fraction of sp³-hybridized carbons (Fsp3) is 0.333. The lowest BCUT2D eigenvalue weighted by molar-refractivity contribution is -0.158. The number of carbonyl (C=O) groups excluding carboxylic acids is 4. The van der Waals surface area contributed by atoms with Crippen LogP contribution in [0.15, 0.2) is 91.0 Å². The number of hydrogen-bond donors (Lipinski definition) is 3. The highest BCUT2D eigenvalue weighted by Crippen LogP contribution is 2.10. The van der Waals surface area contributed by atoms with E-state index in [-0.39, 0.29) is 19.4 Å². The number of ether oxygens (including phenoxy) is 2. The van der Waals surface area contributed by atoms with E-state index in [1.165, 1.54) is 6.92 Å². The van der Waals surface area contributed by atoms with Crippen molar-refractivity contribution in [3.05, 3.63) is 108 Å². The Morgan fingerprint density at radius 1 is 0.643 bits per heavy atom. The van der Waals surface area contributed by atoms with Crippen LogP contribution >= 0.6 is 0 Å². The summed E-state index contributed by atoms with van der Waals surface area (Å²) in [5.41, 5.74) is 1.69. The normalized spacial score (nSPS) is 13.1. The molecule has 0 aliphatic carbocycles. The molecule has 42 heavy (non-hydrogen) atoms. The molecule has 9 nitrogen and oxygen atoms in total. The zero-order valence-corrected chi connectivity index (χ0v) is 24.5. The van der Waals surface area contributed by atoms with Gasteiger partial charge in [-0.25, -0.2) is 9.59 Å². The number of alkyl carbamates (subject to hydrolysis) is 1. The third kappa shape index (κ3) is 11.1. The van der Waals surface area contributed by atoms with Crippen molar-refractivity contribution in [3.8, 4) is 0 Å². The summed E-state index contributed by atoms with van der Waals surface area (Å²) in [5, 5.41) is 8.09. The van der Waals surface area contributed by atoms with Gasteiger partial charge in [0, 0.05) is 12.8 Å². The smallest absolute Gasteiger partial charge is 0.408 e. The van der Waals surface area contributed by atoms with Gasteiger partial charge in [0.25, 0.3) is 0 Å². The van der Waals surface area contributed by atoms with Crippen LogP contribution in [0.3, 0.4) is 0 Å². The van der Waals surface area contributed by atoms with Crippen molar-refractivity contribution >= 4 is 23.9 Å². The highest BCUT2D eigenvalue weighted by atomic mass is 16.6. The van der Waals surface area contributed by atoms with E-state index in [0.29, 0.717) is 0 Å². The fourth-order valence-electron chi connectivity index (χ4n) is 4.06. The standard InChI is InChI=1S/C33H39N3O6/c1-23(31(39)42-33(2,3)4)34-29(37)27(20-24-14-8-5-9-15-24)35-30(38)28(21-25-16-10-6-11-17-25)36-32(40)41-22-26-18-12-7-13-19-26/h5-19,23,27-28H,20-22H2,1-4H3,(H,34,37)(H,35,38)(H,36,40)/t23-,27-,28+/m0/s1. The van der Waals surface area contributed by atoms with Gasteiger partial charge < -0.3 is 25.4 Å². The molecular formula is C33H39N3O6. The van der Waals surface area contributed by atoms with Gasteiger partial charge in [0.2, 0.25) is 11.8 Å². The third-order valence-electron chi connectivity index (χ3n) is 6.14. The minimum atomic E-state index is -1.04. The van der Waals surface area contributed by atoms with Crippen molar-refractivity contribution in [2.75, 3.05) is 0 Å². The molecule has 3 N–H and O–H groups in total. The average molecular weight is 574 g/mol. The first-order valence-electron chi connectivity index (χ1n) is 13.9. The van der Waals surface area contributed by atoms with Crippen molar-refractivity contribution in [1.29, 1.82) is 0 Å². The molecular weight excluding hydrogens is 534 g/mol. The number of nitrogens with one attached hydrogen (secondary N) is 3. The summed E-state index contributed by atoms with van der Waals surface area (Å²) in [6, 6.07) is 24.6. The van der Waals surface area contributed by atoms with Crippen LogP contribution in [0.25, 0.3) is 0 Å². The van der Waals surface area contributed by atoms with Gasteiger partial charge in [0.15, 0.2) is 0 Å². The molecule has 3 atom stereocenters. The van der Waals surface area contributed by atoms with Crippen LogP contribution in [0, 0.1) is 0 Å². The van der Waals surface area contributed by atoms with Gasteiger partial charge in [0.1, 0.15) is 30.3 Å². The Morgan fingerprint density at radius 3 is 1.55 bits per heavy atom. The van der Waals surface area contributed by atoms with Crippen LogP contribution < -0.4 is 16.0 Å². The number of amides is 3. The van der Waals surface area contributed by atoms with Gasteiger partial charge in [-0.05, 0) is 44.4 Å². The summed E-state index contributed by atoms with van der Waals surface area (Å²) in [7, 11) is 0. The second-order valence-corrected chi connectivity index (χ2v) is 11.0. The second-order valence-electron chi connectivity index (χ2n) is 11.0. The largest absolute Gasteiger partial charge is 0.458 e. The van der Waals surface area contributed by atoms with Crippen LogP contribution in [-0.2, 0) is 43.3 Å². The average Bonchev–Trinajstić information content (AvgIpc) is 2.96. The highest BCUT2D eigenvalue weighted by molar-refractivity contribution is 5.93. The molecule has 3 aromatic rings. The van der Waals surface area contributed by atoms with Gasteiger partial charge in [-0.1, -0.05) is 91.0 Å². The minimum Gasteiger partial charge on any atom is -0.458 e. The number of rotatable bonds is 12. The predicted molar refractivity (Wildman–Crippen MR) is 159 cm³/mol. The molecule has 3 rings (SSSR count). The van der Waals surface area contributed by atoms with Crippen LogP contribution in [0.5, 0.6) is 0 Å². The molecule has 0 aromatic heterocycles. The maximum atomic E-state index is 13.6. The number of benzene rings is 3. The van der Waals surface area contributed by atoms with Crippen LogP contribution in [0.2, 0.25) is 0 Å². The van der Waals surface area contributed by atoms with Crippen molar-refractivity contribution in [3.63, 3.8) is 0 Å². The van der Waals surface area contributed by atoms with Crippen molar-refractivity contribution in [2.24, 2.45) is 0 Å². The Bertz CT molecular complexity index is 1310. The Hall–Kier alpha value is -4.66. The molecule has 9 heteroatoms. The Kier molecular flexibility index (Phi) is 11.7. The molecule has 0 saturated carbocycles. The molecule has 0 fully saturated rings. The maximum Gasteiger partial charge on any atom is 0.408 e. The summed E-state index contributed by atoms with van der Waals surface area (Å²) < 4.78 is 10.7. The Labute approximate surface area is 247 Å². The van der Waals surface area contributed by atoms with Crippen molar-refractivity contribution in [2.45, 2.75) is 70.9 Å². The van der Waals surface area contributed by atoms with Crippen LogP contribution in [0.1, 0.15) is 44.4 Å².